The summed E-state index contributed by atoms with van der Waals surface area (Å²) in [4.78, 5) is 12.2. The van der Waals surface area contributed by atoms with Gasteiger partial charge in [-0.15, -0.1) is 0 Å². The van der Waals surface area contributed by atoms with E-state index in [4.69, 9.17) is 13.6 Å². The van der Waals surface area contributed by atoms with Gasteiger partial charge in [-0.25, -0.2) is 4.79 Å². The van der Waals surface area contributed by atoms with E-state index in [1.165, 1.54) is 7.11 Å². The van der Waals surface area contributed by atoms with E-state index < -0.39 is 22.6 Å². The summed E-state index contributed by atoms with van der Waals surface area (Å²) >= 11 is 0. The second-order valence-electron chi connectivity index (χ2n) is 9.87. The molecule has 0 saturated heterocycles. The Morgan fingerprint density at radius 1 is 0.846 bits per heavy atom. The lowest BCUT2D eigenvalue weighted by atomic mass is 10.2. The van der Waals surface area contributed by atoms with Crippen molar-refractivity contribution in [2.45, 2.75) is 77.8 Å². The summed E-state index contributed by atoms with van der Waals surface area (Å²) < 4.78 is 17.8. The third-order valence-electron chi connectivity index (χ3n) is 5.71. The predicted octanol–water partition coefficient (Wildman–Crippen LogP) is 6.24. The first-order valence-corrected chi connectivity index (χ1v) is 14.9. The zero-order valence-corrected chi connectivity index (χ0v) is 20.4. The van der Waals surface area contributed by atoms with Crippen molar-refractivity contribution in [3.63, 3.8) is 0 Å². The predicted molar refractivity (Wildman–Crippen MR) is 113 cm³/mol. The largest absolute Gasteiger partial charge is 0.543 e. The van der Waals surface area contributed by atoms with Gasteiger partial charge < -0.3 is 13.6 Å². The summed E-state index contributed by atoms with van der Waals surface area (Å²) in [5.74, 6) is 0.912. The summed E-state index contributed by atoms with van der Waals surface area (Å²) in [7, 11) is -2.70. The Labute approximate surface area is 161 Å². The molecule has 0 aliphatic rings. The molecule has 0 aliphatic carbocycles. The van der Waals surface area contributed by atoms with Crippen molar-refractivity contribution in [2.75, 3.05) is 7.11 Å². The maximum atomic E-state index is 12.2. The molecule has 0 unspecified atom stereocenters. The van der Waals surface area contributed by atoms with Crippen molar-refractivity contribution >= 4 is 22.6 Å². The molecule has 0 atom stereocenters. The van der Waals surface area contributed by atoms with Gasteiger partial charge >= 0.3 is 5.97 Å². The fraction of sp³-hybridized carbons (Fsp3) is 0.650. The topological polar surface area (TPSA) is 44.8 Å². The number of esters is 1. The Bertz CT molecular complexity index is 653. The Morgan fingerprint density at radius 3 is 1.73 bits per heavy atom. The molecule has 0 N–H and O–H groups in total. The van der Waals surface area contributed by atoms with E-state index in [9.17, 15) is 4.79 Å². The molecule has 0 heterocycles. The lowest BCUT2D eigenvalue weighted by Gasteiger charge is -2.38. The summed E-state index contributed by atoms with van der Waals surface area (Å²) in [5, 5.41) is 0.116. The highest BCUT2D eigenvalue weighted by atomic mass is 28.4. The first kappa shape index (κ1) is 22.8. The average Bonchev–Trinajstić information content (AvgIpc) is 2.43. The highest BCUT2D eigenvalue weighted by Crippen LogP contribution is 2.41. The van der Waals surface area contributed by atoms with Crippen LogP contribution in [0.3, 0.4) is 0 Å². The molecule has 6 heteroatoms. The fourth-order valence-electron chi connectivity index (χ4n) is 1.80. The maximum Gasteiger partial charge on any atom is 0.341 e. The molecule has 26 heavy (non-hydrogen) atoms. The van der Waals surface area contributed by atoms with E-state index in [1.807, 2.05) is 12.1 Å². The van der Waals surface area contributed by atoms with Crippen LogP contribution in [0.1, 0.15) is 51.9 Å². The number of hydrogen-bond acceptors (Lipinski definition) is 4. The standard InChI is InChI=1S/C20H36O4Si2/c1-19(2,3)25(8,9)23-15-12-13-16(18(21)22-7)17(14-15)24-26(10,11)20(4,5)6/h12-14H,1-11H3. The van der Waals surface area contributed by atoms with Gasteiger partial charge in [0.15, 0.2) is 0 Å². The highest BCUT2D eigenvalue weighted by Gasteiger charge is 2.41. The third-order valence-corrected chi connectivity index (χ3v) is 14.4. The Kier molecular flexibility index (Phi) is 6.47. The van der Waals surface area contributed by atoms with Gasteiger partial charge in [0.2, 0.25) is 8.32 Å². The normalized spacial score (nSPS) is 13.3. The minimum atomic E-state index is -2.11. The molecule has 1 aromatic carbocycles. The fourth-order valence-corrected chi connectivity index (χ4v) is 3.85. The molecule has 0 radical (unpaired) electrons. The Balaban J connectivity index is 3.35. The quantitative estimate of drug-likeness (QED) is 0.436. The molecule has 0 amide bonds. The van der Waals surface area contributed by atoms with Crippen LogP contribution in [0, 0.1) is 0 Å². The van der Waals surface area contributed by atoms with E-state index in [2.05, 4.69) is 67.7 Å². The molecule has 0 aromatic heterocycles. The van der Waals surface area contributed by atoms with Crippen molar-refractivity contribution in [3.8, 4) is 11.5 Å². The van der Waals surface area contributed by atoms with Gasteiger partial charge in [-0.2, -0.15) is 0 Å². The molecule has 0 bridgehead atoms. The van der Waals surface area contributed by atoms with Gasteiger partial charge in [-0.05, 0) is 48.4 Å². The molecule has 0 saturated carbocycles. The molecule has 148 valence electrons. The smallest absolute Gasteiger partial charge is 0.341 e. The van der Waals surface area contributed by atoms with Gasteiger partial charge in [-0.3, -0.25) is 0 Å². The number of hydrogen-bond donors (Lipinski definition) is 0. The molecular weight excluding hydrogens is 360 g/mol. The number of benzene rings is 1. The SMILES string of the molecule is COC(=O)c1ccc(O[Si](C)(C)C(C)(C)C)cc1O[Si](C)(C)C(C)(C)C. The molecule has 0 fully saturated rings. The van der Waals surface area contributed by atoms with Crippen molar-refractivity contribution in [2.24, 2.45) is 0 Å². The van der Waals surface area contributed by atoms with Gasteiger partial charge in [0.05, 0.1) is 7.11 Å². The van der Waals surface area contributed by atoms with Crippen LogP contribution in [0.25, 0.3) is 0 Å². The number of methoxy groups -OCH3 is 1. The molecule has 1 aromatic rings. The van der Waals surface area contributed by atoms with Crippen molar-refractivity contribution in [1.82, 2.24) is 0 Å². The van der Waals surface area contributed by atoms with Crippen molar-refractivity contribution in [3.05, 3.63) is 23.8 Å². The van der Waals surface area contributed by atoms with Crippen LogP contribution in [0.5, 0.6) is 11.5 Å². The van der Waals surface area contributed by atoms with Crippen LogP contribution < -0.4 is 8.85 Å². The lowest BCUT2D eigenvalue weighted by molar-refractivity contribution is 0.0598. The van der Waals surface area contributed by atoms with Gasteiger partial charge in [0.1, 0.15) is 17.1 Å². The van der Waals surface area contributed by atoms with E-state index in [0.717, 1.165) is 5.75 Å². The second kappa shape index (κ2) is 7.39. The number of ether oxygens (including phenoxy) is 1. The van der Waals surface area contributed by atoms with E-state index in [-0.39, 0.29) is 10.1 Å². The summed E-state index contributed by atoms with van der Waals surface area (Å²) in [6.45, 7) is 21.9. The molecule has 4 nitrogen and oxygen atoms in total. The Morgan fingerprint density at radius 2 is 1.31 bits per heavy atom. The molecule has 0 aliphatic heterocycles. The first-order chi connectivity index (χ1) is 11.5. The number of rotatable bonds is 5. The van der Waals surface area contributed by atoms with Crippen LogP contribution in [-0.2, 0) is 4.74 Å². The first-order valence-electron chi connectivity index (χ1n) is 9.12. The zero-order valence-electron chi connectivity index (χ0n) is 18.4. The summed E-state index contributed by atoms with van der Waals surface area (Å²) in [6.07, 6.45) is 0. The second-order valence-corrected chi connectivity index (χ2v) is 19.3. The van der Waals surface area contributed by atoms with E-state index >= 15 is 0 Å². The number of carbonyl (C=O) groups is 1. The molecular formula is C20H36O4Si2. The van der Waals surface area contributed by atoms with Crippen LogP contribution in [0.2, 0.25) is 36.3 Å². The van der Waals surface area contributed by atoms with Crippen molar-refractivity contribution in [1.29, 1.82) is 0 Å². The Hall–Kier alpha value is -1.28. The minimum absolute atomic E-state index is 0.0245. The molecule has 1 rings (SSSR count). The van der Waals surface area contributed by atoms with Crippen LogP contribution in [-0.4, -0.2) is 29.7 Å². The van der Waals surface area contributed by atoms with Crippen LogP contribution in [0.15, 0.2) is 18.2 Å². The third kappa shape index (κ3) is 5.13. The zero-order chi connectivity index (χ0) is 20.6. The summed E-state index contributed by atoms with van der Waals surface area (Å²) in [6, 6.07) is 5.44. The highest BCUT2D eigenvalue weighted by molar-refractivity contribution is 6.75. The molecule has 0 spiro atoms. The van der Waals surface area contributed by atoms with Gasteiger partial charge in [0, 0.05) is 6.07 Å². The van der Waals surface area contributed by atoms with Gasteiger partial charge in [-0.1, -0.05) is 41.5 Å². The van der Waals surface area contributed by atoms with Crippen LogP contribution >= 0.6 is 0 Å². The average molecular weight is 397 g/mol. The lowest BCUT2D eigenvalue weighted by Crippen LogP contribution is -2.44. The van der Waals surface area contributed by atoms with Gasteiger partial charge in [0.25, 0.3) is 8.32 Å². The monoisotopic (exact) mass is 396 g/mol. The summed E-state index contributed by atoms with van der Waals surface area (Å²) in [5.41, 5.74) is 0.444. The van der Waals surface area contributed by atoms with E-state index in [1.54, 1.807) is 6.07 Å². The van der Waals surface area contributed by atoms with E-state index in [0.29, 0.717) is 11.3 Å². The number of carbonyl (C=O) groups excluding carboxylic acids is 1. The van der Waals surface area contributed by atoms with Crippen molar-refractivity contribution < 1.29 is 18.4 Å². The van der Waals surface area contributed by atoms with Crippen LogP contribution in [0.4, 0.5) is 0 Å². The maximum absolute atomic E-state index is 12.2. The minimum Gasteiger partial charge on any atom is -0.543 e.